The van der Waals surface area contributed by atoms with Gasteiger partial charge in [-0.1, -0.05) is 12.2 Å². The van der Waals surface area contributed by atoms with Crippen molar-refractivity contribution in [2.75, 3.05) is 40.0 Å². The Bertz CT molecular complexity index is 330. The van der Waals surface area contributed by atoms with E-state index in [2.05, 4.69) is 27.8 Å². The molecule has 0 bridgehead atoms. The normalized spacial score (nSPS) is 20.9. The second-order valence-corrected chi connectivity index (χ2v) is 5.77. The van der Waals surface area contributed by atoms with Gasteiger partial charge in [0.25, 0.3) is 0 Å². The Morgan fingerprint density at radius 1 is 1.29 bits per heavy atom. The van der Waals surface area contributed by atoms with E-state index in [0.29, 0.717) is 12.0 Å². The van der Waals surface area contributed by atoms with Crippen LogP contribution in [0.5, 0.6) is 0 Å². The highest BCUT2D eigenvalue weighted by Gasteiger charge is 2.13. The van der Waals surface area contributed by atoms with E-state index in [0.717, 1.165) is 71.0 Å². The van der Waals surface area contributed by atoms with Gasteiger partial charge in [0.1, 0.15) is 0 Å². The van der Waals surface area contributed by atoms with Gasteiger partial charge in [-0.3, -0.25) is 4.99 Å². The number of hydrogen-bond acceptors (Lipinski definition) is 3. The molecule has 0 aromatic carbocycles. The highest BCUT2D eigenvalue weighted by atomic mass is 16.5. The van der Waals surface area contributed by atoms with Gasteiger partial charge in [-0.25, -0.2) is 0 Å². The zero-order valence-corrected chi connectivity index (χ0v) is 13.1. The molecular formula is C16H29N3O2. The summed E-state index contributed by atoms with van der Waals surface area (Å²) >= 11 is 0. The molecule has 0 unspecified atom stereocenters. The average molecular weight is 295 g/mol. The molecule has 120 valence electrons. The molecule has 0 radical (unpaired) electrons. The van der Waals surface area contributed by atoms with Gasteiger partial charge in [0.2, 0.25) is 0 Å². The van der Waals surface area contributed by atoms with Crippen LogP contribution in [0.3, 0.4) is 0 Å². The molecule has 0 spiro atoms. The SMILES string of the molecule is CN=C(NCCCOCC1CCOCC1)NC1CC=CC1. The zero-order chi connectivity index (χ0) is 14.8. The van der Waals surface area contributed by atoms with Crippen molar-refractivity contribution in [2.45, 2.75) is 38.1 Å². The summed E-state index contributed by atoms with van der Waals surface area (Å²) in [6.45, 7) is 4.38. The number of nitrogens with zero attached hydrogens (tertiary/aromatic N) is 1. The molecule has 5 heteroatoms. The van der Waals surface area contributed by atoms with Gasteiger partial charge < -0.3 is 20.1 Å². The molecule has 0 atom stereocenters. The Morgan fingerprint density at radius 2 is 2.05 bits per heavy atom. The van der Waals surface area contributed by atoms with E-state index in [4.69, 9.17) is 9.47 Å². The lowest BCUT2D eigenvalue weighted by Crippen LogP contribution is -2.42. The molecule has 2 rings (SSSR count). The summed E-state index contributed by atoms with van der Waals surface area (Å²) in [4.78, 5) is 4.25. The summed E-state index contributed by atoms with van der Waals surface area (Å²) < 4.78 is 11.1. The lowest BCUT2D eigenvalue weighted by molar-refractivity contribution is 0.0203. The number of rotatable bonds is 7. The van der Waals surface area contributed by atoms with E-state index in [9.17, 15) is 0 Å². The van der Waals surface area contributed by atoms with Gasteiger partial charge in [-0.15, -0.1) is 0 Å². The Morgan fingerprint density at radius 3 is 2.76 bits per heavy atom. The molecule has 1 saturated heterocycles. The van der Waals surface area contributed by atoms with Crippen LogP contribution in [-0.2, 0) is 9.47 Å². The van der Waals surface area contributed by atoms with Crippen LogP contribution in [0, 0.1) is 5.92 Å². The lowest BCUT2D eigenvalue weighted by Gasteiger charge is -2.21. The quantitative estimate of drug-likeness (QED) is 0.325. The van der Waals surface area contributed by atoms with Gasteiger partial charge in [0.15, 0.2) is 5.96 Å². The molecule has 1 aliphatic carbocycles. The fourth-order valence-corrected chi connectivity index (χ4v) is 2.67. The number of hydrogen-bond donors (Lipinski definition) is 2. The second-order valence-electron chi connectivity index (χ2n) is 5.77. The highest BCUT2D eigenvalue weighted by Crippen LogP contribution is 2.14. The minimum absolute atomic E-state index is 0.501. The van der Waals surface area contributed by atoms with Crippen molar-refractivity contribution in [3.63, 3.8) is 0 Å². The lowest BCUT2D eigenvalue weighted by atomic mass is 10.0. The predicted molar refractivity (Wildman–Crippen MR) is 85.6 cm³/mol. The summed E-state index contributed by atoms with van der Waals surface area (Å²) in [5, 5.41) is 6.78. The number of ether oxygens (including phenoxy) is 2. The molecule has 1 aliphatic heterocycles. The highest BCUT2D eigenvalue weighted by molar-refractivity contribution is 5.80. The van der Waals surface area contributed by atoms with E-state index in [1.54, 1.807) is 0 Å². The first-order valence-electron chi connectivity index (χ1n) is 8.16. The fourth-order valence-electron chi connectivity index (χ4n) is 2.67. The van der Waals surface area contributed by atoms with Crippen molar-refractivity contribution >= 4 is 5.96 Å². The number of aliphatic imine (C=N–C) groups is 1. The summed E-state index contributed by atoms with van der Waals surface area (Å²) in [5.41, 5.74) is 0. The minimum atomic E-state index is 0.501. The van der Waals surface area contributed by atoms with E-state index in [1.165, 1.54) is 0 Å². The first kappa shape index (κ1) is 16.3. The van der Waals surface area contributed by atoms with E-state index >= 15 is 0 Å². The van der Waals surface area contributed by atoms with Gasteiger partial charge in [-0.2, -0.15) is 0 Å². The molecule has 2 aliphatic rings. The third-order valence-corrected chi connectivity index (χ3v) is 4.02. The van der Waals surface area contributed by atoms with Crippen molar-refractivity contribution in [3.8, 4) is 0 Å². The maximum Gasteiger partial charge on any atom is 0.191 e. The third kappa shape index (κ3) is 6.48. The maximum absolute atomic E-state index is 5.76. The Labute approximate surface area is 128 Å². The number of nitrogens with one attached hydrogen (secondary N) is 2. The van der Waals surface area contributed by atoms with Crippen LogP contribution in [-0.4, -0.2) is 52.0 Å². The van der Waals surface area contributed by atoms with Crippen LogP contribution >= 0.6 is 0 Å². The van der Waals surface area contributed by atoms with E-state index < -0.39 is 0 Å². The first-order chi connectivity index (χ1) is 10.4. The van der Waals surface area contributed by atoms with Crippen LogP contribution in [0.2, 0.25) is 0 Å². The molecule has 5 nitrogen and oxygen atoms in total. The Hall–Kier alpha value is -1.07. The molecule has 0 aromatic heterocycles. The molecular weight excluding hydrogens is 266 g/mol. The molecule has 2 N–H and O–H groups in total. The van der Waals surface area contributed by atoms with E-state index in [1.807, 2.05) is 7.05 Å². The molecule has 0 saturated carbocycles. The monoisotopic (exact) mass is 295 g/mol. The number of guanidine groups is 1. The predicted octanol–water partition coefficient (Wildman–Crippen LogP) is 1.70. The summed E-state index contributed by atoms with van der Waals surface area (Å²) in [6.07, 6.45) is 9.91. The van der Waals surface area contributed by atoms with Gasteiger partial charge in [0, 0.05) is 46.1 Å². The van der Waals surface area contributed by atoms with Crippen LogP contribution in [0.15, 0.2) is 17.1 Å². The van der Waals surface area contributed by atoms with Crippen molar-refractivity contribution in [1.82, 2.24) is 10.6 Å². The van der Waals surface area contributed by atoms with Crippen molar-refractivity contribution < 1.29 is 9.47 Å². The molecule has 1 heterocycles. The Kier molecular flexibility index (Phi) is 7.60. The van der Waals surface area contributed by atoms with Crippen molar-refractivity contribution in [1.29, 1.82) is 0 Å². The summed E-state index contributed by atoms with van der Waals surface area (Å²) in [7, 11) is 1.82. The van der Waals surface area contributed by atoms with Gasteiger partial charge >= 0.3 is 0 Å². The zero-order valence-electron chi connectivity index (χ0n) is 13.1. The summed E-state index contributed by atoms with van der Waals surface area (Å²) in [5.74, 6) is 1.59. The standard InChI is InChI=1S/C16H29N3O2/c1-17-16(19-15-5-2-3-6-15)18-9-4-10-21-13-14-7-11-20-12-8-14/h2-3,14-15H,4-13H2,1H3,(H2,17,18,19). The van der Waals surface area contributed by atoms with Gasteiger partial charge in [-0.05, 0) is 38.0 Å². The van der Waals surface area contributed by atoms with Gasteiger partial charge in [0.05, 0.1) is 0 Å². The summed E-state index contributed by atoms with van der Waals surface area (Å²) in [6, 6.07) is 0.501. The van der Waals surface area contributed by atoms with Crippen LogP contribution in [0.25, 0.3) is 0 Å². The molecule has 0 amide bonds. The topological polar surface area (TPSA) is 54.9 Å². The third-order valence-electron chi connectivity index (χ3n) is 4.02. The van der Waals surface area contributed by atoms with Crippen molar-refractivity contribution in [2.24, 2.45) is 10.9 Å². The molecule has 1 fully saturated rings. The molecule has 21 heavy (non-hydrogen) atoms. The minimum Gasteiger partial charge on any atom is -0.381 e. The van der Waals surface area contributed by atoms with Crippen LogP contribution in [0.1, 0.15) is 32.1 Å². The molecule has 0 aromatic rings. The van der Waals surface area contributed by atoms with Crippen LogP contribution in [0.4, 0.5) is 0 Å². The Balaban J connectivity index is 1.46. The largest absolute Gasteiger partial charge is 0.381 e. The maximum atomic E-state index is 5.76. The van der Waals surface area contributed by atoms with Crippen LogP contribution < -0.4 is 10.6 Å². The fraction of sp³-hybridized carbons (Fsp3) is 0.812. The second kappa shape index (κ2) is 9.79. The van der Waals surface area contributed by atoms with Crippen molar-refractivity contribution in [3.05, 3.63) is 12.2 Å². The first-order valence-corrected chi connectivity index (χ1v) is 8.16. The average Bonchev–Trinajstić information content (AvgIpc) is 3.03. The smallest absolute Gasteiger partial charge is 0.191 e. The van der Waals surface area contributed by atoms with E-state index in [-0.39, 0.29) is 0 Å².